The first-order valence-corrected chi connectivity index (χ1v) is 8.57. The molecule has 0 radical (unpaired) electrons. The molecule has 0 spiro atoms. The lowest BCUT2D eigenvalue weighted by molar-refractivity contribution is -0.133. The summed E-state index contributed by atoms with van der Waals surface area (Å²) in [6.45, 7) is 4.27. The minimum absolute atomic E-state index is 0.199. The molecule has 1 heterocycles. The lowest BCUT2D eigenvalue weighted by Crippen LogP contribution is -2.49. The van der Waals surface area contributed by atoms with Gasteiger partial charge >= 0.3 is 0 Å². The van der Waals surface area contributed by atoms with Crippen LogP contribution in [0.4, 0.5) is 0 Å². The molecular formula is C16H24N2O2S. The zero-order valence-electron chi connectivity index (χ0n) is 12.4. The van der Waals surface area contributed by atoms with Gasteiger partial charge in [0.2, 0.25) is 5.91 Å². The Bertz CT molecular complexity index is 420. The minimum atomic E-state index is 0.199. The molecule has 2 rings (SSSR count). The van der Waals surface area contributed by atoms with Crippen LogP contribution in [0, 0.1) is 0 Å². The summed E-state index contributed by atoms with van der Waals surface area (Å²) < 4.78 is 0. The molecule has 116 valence electrons. The maximum absolute atomic E-state index is 12.1. The third-order valence-corrected chi connectivity index (χ3v) is 4.79. The molecule has 1 saturated heterocycles. The van der Waals surface area contributed by atoms with Crippen molar-refractivity contribution >= 4 is 17.7 Å². The van der Waals surface area contributed by atoms with E-state index in [-0.39, 0.29) is 12.5 Å². The quantitative estimate of drug-likeness (QED) is 0.615. The predicted octanol–water partition coefficient (Wildman–Crippen LogP) is 1.70. The first-order valence-electron chi connectivity index (χ1n) is 7.58. The van der Waals surface area contributed by atoms with Crippen molar-refractivity contribution in [2.24, 2.45) is 0 Å². The van der Waals surface area contributed by atoms with Gasteiger partial charge in [-0.05, 0) is 24.3 Å². The van der Waals surface area contributed by atoms with Crippen LogP contribution in [0.1, 0.15) is 12.8 Å². The first kappa shape index (κ1) is 16.3. The van der Waals surface area contributed by atoms with Crippen LogP contribution >= 0.6 is 11.8 Å². The zero-order chi connectivity index (χ0) is 14.9. The third-order valence-electron chi connectivity index (χ3n) is 3.69. The van der Waals surface area contributed by atoms with Crippen LogP contribution in [0.15, 0.2) is 35.2 Å². The Morgan fingerprint density at radius 1 is 1.14 bits per heavy atom. The standard InChI is InChI=1S/C16H24N2O2S/c19-13-12-17-8-10-18(11-9-17)16(20)7-4-14-21-15-5-2-1-3-6-15/h1-3,5-6,19H,4,7-14H2. The van der Waals surface area contributed by atoms with Crippen LogP contribution in [0.3, 0.4) is 0 Å². The zero-order valence-corrected chi connectivity index (χ0v) is 13.2. The molecule has 0 aromatic heterocycles. The molecule has 1 aliphatic rings. The number of rotatable bonds is 7. The molecule has 1 N–H and O–H groups in total. The number of piperazine rings is 1. The van der Waals surface area contributed by atoms with Gasteiger partial charge in [0.15, 0.2) is 0 Å². The maximum atomic E-state index is 12.1. The van der Waals surface area contributed by atoms with Crippen LogP contribution in [-0.2, 0) is 4.79 Å². The lowest BCUT2D eigenvalue weighted by atomic mass is 10.2. The van der Waals surface area contributed by atoms with Crippen molar-refractivity contribution in [3.63, 3.8) is 0 Å². The molecule has 1 aromatic carbocycles. The van der Waals surface area contributed by atoms with Gasteiger partial charge in [0.25, 0.3) is 0 Å². The summed E-state index contributed by atoms with van der Waals surface area (Å²) in [4.78, 5) is 17.6. The number of aliphatic hydroxyl groups excluding tert-OH is 1. The average molecular weight is 308 g/mol. The van der Waals surface area contributed by atoms with Gasteiger partial charge in [0.1, 0.15) is 0 Å². The van der Waals surface area contributed by atoms with Gasteiger partial charge in [0.05, 0.1) is 6.61 Å². The Labute approximate surface area is 131 Å². The van der Waals surface area contributed by atoms with Gasteiger partial charge in [-0.25, -0.2) is 0 Å². The molecule has 1 aromatic rings. The Balaban J connectivity index is 1.60. The molecule has 4 nitrogen and oxygen atoms in total. The van der Waals surface area contributed by atoms with Crippen molar-refractivity contribution in [2.45, 2.75) is 17.7 Å². The van der Waals surface area contributed by atoms with E-state index in [1.165, 1.54) is 4.90 Å². The van der Waals surface area contributed by atoms with E-state index in [9.17, 15) is 4.79 Å². The largest absolute Gasteiger partial charge is 0.395 e. The summed E-state index contributed by atoms with van der Waals surface area (Å²) in [5.41, 5.74) is 0. The fourth-order valence-electron chi connectivity index (χ4n) is 2.45. The van der Waals surface area contributed by atoms with E-state index in [4.69, 9.17) is 5.11 Å². The van der Waals surface area contributed by atoms with E-state index in [2.05, 4.69) is 17.0 Å². The van der Waals surface area contributed by atoms with E-state index >= 15 is 0 Å². The molecule has 1 fully saturated rings. The highest BCUT2D eigenvalue weighted by atomic mass is 32.2. The molecule has 5 heteroatoms. The summed E-state index contributed by atoms with van der Waals surface area (Å²) in [7, 11) is 0. The molecule has 21 heavy (non-hydrogen) atoms. The number of carbonyl (C=O) groups excluding carboxylic acids is 1. The van der Waals surface area contributed by atoms with E-state index < -0.39 is 0 Å². The van der Waals surface area contributed by atoms with E-state index in [0.29, 0.717) is 6.42 Å². The summed E-state index contributed by atoms with van der Waals surface area (Å²) in [5.74, 6) is 1.26. The van der Waals surface area contributed by atoms with Crippen molar-refractivity contribution in [3.05, 3.63) is 30.3 Å². The maximum Gasteiger partial charge on any atom is 0.222 e. The van der Waals surface area contributed by atoms with E-state index in [1.54, 1.807) is 0 Å². The van der Waals surface area contributed by atoms with Crippen LogP contribution in [0.2, 0.25) is 0 Å². The van der Waals surface area contributed by atoms with E-state index in [1.807, 2.05) is 34.9 Å². The fraction of sp³-hybridized carbons (Fsp3) is 0.562. The molecule has 1 aliphatic heterocycles. The second-order valence-electron chi connectivity index (χ2n) is 5.21. The predicted molar refractivity (Wildman–Crippen MR) is 86.5 cm³/mol. The lowest BCUT2D eigenvalue weighted by Gasteiger charge is -2.34. The Morgan fingerprint density at radius 2 is 1.86 bits per heavy atom. The van der Waals surface area contributed by atoms with Gasteiger partial charge < -0.3 is 10.0 Å². The Morgan fingerprint density at radius 3 is 2.52 bits per heavy atom. The number of thioether (sulfide) groups is 1. The number of hydrogen-bond donors (Lipinski definition) is 1. The van der Waals surface area contributed by atoms with Gasteiger partial charge in [-0.3, -0.25) is 9.69 Å². The highest BCUT2D eigenvalue weighted by molar-refractivity contribution is 7.99. The number of carbonyl (C=O) groups is 1. The SMILES string of the molecule is O=C(CCCSc1ccccc1)N1CCN(CCO)CC1. The van der Waals surface area contributed by atoms with Crippen LogP contribution in [-0.4, -0.2) is 65.9 Å². The topological polar surface area (TPSA) is 43.8 Å². The van der Waals surface area contributed by atoms with Crippen molar-refractivity contribution < 1.29 is 9.90 Å². The van der Waals surface area contributed by atoms with Gasteiger partial charge in [-0.15, -0.1) is 11.8 Å². The molecule has 0 bridgehead atoms. The molecule has 0 saturated carbocycles. The van der Waals surface area contributed by atoms with E-state index in [0.717, 1.165) is 44.9 Å². The summed E-state index contributed by atoms with van der Waals surface area (Å²) in [5, 5.41) is 8.91. The van der Waals surface area contributed by atoms with Gasteiger partial charge in [0, 0.05) is 44.0 Å². The van der Waals surface area contributed by atoms with Crippen LogP contribution in [0.5, 0.6) is 0 Å². The van der Waals surface area contributed by atoms with Crippen LogP contribution in [0.25, 0.3) is 0 Å². The van der Waals surface area contributed by atoms with Gasteiger partial charge in [-0.1, -0.05) is 18.2 Å². The number of hydrogen-bond acceptors (Lipinski definition) is 4. The average Bonchev–Trinajstić information content (AvgIpc) is 2.53. The molecule has 0 atom stereocenters. The number of amides is 1. The normalized spacial score (nSPS) is 16.1. The Hall–Kier alpha value is -1.04. The second kappa shape index (κ2) is 9.07. The Kier molecular flexibility index (Phi) is 7.06. The number of aliphatic hydroxyl groups is 1. The first-order chi connectivity index (χ1) is 10.3. The van der Waals surface area contributed by atoms with Crippen molar-refractivity contribution in [1.82, 2.24) is 9.80 Å². The summed E-state index contributed by atoms with van der Waals surface area (Å²) >= 11 is 1.81. The number of β-amino-alcohol motifs (C(OH)–C–C–N with tert-alkyl or cyclic N) is 1. The number of benzene rings is 1. The highest BCUT2D eigenvalue weighted by Gasteiger charge is 2.19. The second-order valence-corrected chi connectivity index (χ2v) is 6.38. The van der Waals surface area contributed by atoms with Crippen molar-refractivity contribution in [3.8, 4) is 0 Å². The van der Waals surface area contributed by atoms with Gasteiger partial charge in [-0.2, -0.15) is 0 Å². The van der Waals surface area contributed by atoms with Crippen molar-refractivity contribution in [1.29, 1.82) is 0 Å². The van der Waals surface area contributed by atoms with Crippen molar-refractivity contribution in [2.75, 3.05) is 45.1 Å². The number of nitrogens with zero attached hydrogens (tertiary/aromatic N) is 2. The monoisotopic (exact) mass is 308 g/mol. The minimum Gasteiger partial charge on any atom is -0.395 e. The smallest absolute Gasteiger partial charge is 0.222 e. The third kappa shape index (κ3) is 5.69. The highest BCUT2D eigenvalue weighted by Crippen LogP contribution is 2.18. The molecule has 1 amide bonds. The van der Waals surface area contributed by atoms with Crippen LogP contribution < -0.4 is 0 Å². The summed E-state index contributed by atoms with van der Waals surface area (Å²) in [6, 6.07) is 10.3. The fourth-order valence-corrected chi connectivity index (χ4v) is 3.32. The molecular weight excluding hydrogens is 284 g/mol. The summed E-state index contributed by atoms with van der Waals surface area (Å²) in [6.07, 6.45) is 1.56. The molecule has 0 unspecified atom stereocenters. The molecule has 0 aliphatic carbocycles.